The first-order chi connectivity index (χ1) is 10.1. The molecule has 1 aromatic heterocycles. The first-order valence-corrected chi connectivity index (χ1v) is 7.19. The summed E-state index contributed by atoms with van der Waals surface area (Å²) in [5.74, 6) is 0.213. The first-order valence-electron chi connectivity index (χ1n) is 7.19. The molecule has 0 saturated heterocycles. The molecule has 2 heteroatoms. The third-order valence-corrected chi connectivity index (χ3v) is 3.65. The van der Waals surface area contributed by atoms with Gasteiger partial charge in [-0.3, -0.25) is 0 Å². The van der Waals surface area contributed by atoms with E-state index in [0.717, 1.165) is 16.8 Å². The molecule has 2 aromatic carbocycles. The minimum Gasteiger partial charge on any atom is -0.320 e. The number of nitrogens with zero attached hydrogens (tertiary/aromatic N) is 1. The van der Waals surface area contributed by atoms with Gasteiger partial charge in [-0.15, -0.1) is 0 Å². The normalized spacial score (nSPS) is 11.0. The smallest absolute Gasteiger partial charge is 0.123 e. The van der Waals surface area contributed by atoms with Gasteiger partial charge in [0.25, 0.3) is 0 Å². The Morgan fingerprint density at radius 2 is 1.52 bits per heavy atom. The minimum atomic E-state index is -0.203. The van der Waals surface area contributed by atoms with E-state index >= 15 is 0 Å². The fourth-order valence-corrected chi connectivity index (χ4v) is 2.54. The van der Waals surface area contributed by atoms with Crippen LogP contribution >= 0.6 is 0 Å². The van der Waals surface area contributed by atoms with Crippen LogP contribution in [0.2, 0.25) is 0 Å². The van der Waals surface area contributed by atoms with Crippen LogP contribution in [0, 0.1) is 5.82 Å². The molecule has 0 aliphatic heterocycles. The quantitative estimate of drug-likeness (QED) is 0.604. The number of benzene rings is 2. The Kier molecular flexibility index (Phi) is 3.61. The predicted molar refractivity (Wildman–Crippen MR) is 85.3 cm³/mol. The largest absolute Gasteiger partial charge is 0.320 e. The number of hydrogen-bond acceptors (Lipinski definition) is 0. The van der Waals surface area contributed by atoms with Crippen LogP contribution in [0.15, 0.2) is 66.9 Å². The first kappa shape index (κ1) is 13.6. The van der Waals surface area contributed by atoms with E-state index in [9.17, 15) is 4.39 Å². The zero-order chi connectivity index (χ0) is 14.8. The van der Waals surface area contributed by atoms with Gasteiger partial charge in [0.1, 0.15) is 5.82 Å². The topological polar surface area (TPSA) is 4.93 Å². The second kappa shape index (κ2) is 5.57. The molecule has 3 rings (SSSR count). The van der Waals surface area contributed by atoms with Crippen LogP contribution in [0.5, 0.6) is 0 Å². The number of halogens is 1. The summed E-state index contributed by atoms with van der Waals surface area (Å²) in [4.78, 5) is 0. The molecule has 1 nitrogen and oxygen atoms in total. The maximum Gasteiger partial charge on any atom is 0.123 e. The Morgan fingerprint density at radius 3 is 2.14 bits per heavy atom. The molecule has 106 valence electrons. The van der Waals surface area contributed by atoms with Crippen LogP contribution in [0.4, 0.5) is 4.39 Å². The van der Waals surface area contributed by atoms with Crippen LogP contribution in [0.25, 0.3) is 16.8 Å². The summed E-state index contributed by atoms with van der Waals surface area (Å²) in [5, 5.41) is 0. The molecule has 0 amide bonds. The molecule has 0 saturated carbocycles. The maximum absolute atomic E-state index is 13.1. The van der Waals surface area contributed by atoms with E-state index in [4.69, 9.17) is 0 Å². The maximum atomic E-state index is 13.1. The molecular weight excluding hydrogens is 261 g/mol. The van der Waals surface area contributed by atoms with Crippen molar-refractivity contribution in [1.29, 1.82) is 0 Å². The molecular formula is C19H18FN. The van der Waals surface area contributed by atoms with Crippen molar-refractivity contribution < 1.29 is 4.39 Å². The Bertz CT molecular complexity index is 724. The summed E-state index contributed by atoms with van der Waals surface area (Å²) < 4.78 is 15.3. The molecule has 0 spiro atoms. The fourth-order valence-electron chi connectivity index (χ4n) is 2.54. The molecule has 0 atom stereocenters. The lowest BCUT2D eigenvalue weighted by Gasteiger charge is -2.11. The Hall–Kier alpha value is -2.35. The van der Waals surface area contributed by atoms with Crippen LogP contribution in [-0.2, 0) is 0 Å². The highest BCUT2D eigenvalue weighted by Crippen LogP contribution is 2.28. The van der Waals surface area contributed by atoms with Gasteiger partial charge in [0.2, 0.25) is 0 Å². The molecule has 0 bridgehead atoms. The lowest BCUT2D eigenvalue weighted by Crippen LogP contribution is -1.99. The minimum absolute atomic E-state index is 0.203. The molecule has 0 unspecified atom stereocenters. The van der Waals surface area contributed by atoms with E-state index < -0.39 is 0 Å². The summed E-state index contributed by atoms with van der Waals surface area (Å²) in [7, 11) is 0. The average Bonchev–Trinajstić information content (AvgIpc) is 2.94. The van der Waals surface area contributed by atoms with Crippen molar-refractivity contribution in [3.05, 3.63) is 78.4 Å². The molecule has 1 heterocycles. The lowest BCUT2D eigenvalue weighted by molar-refractivity contribution is 0.628. The monoisotopic (exact) mass is 279 g/mol. The molecule has 0 radical (unpaired) electrons. The molecule has 0 aliphatic rings. The lowest BCUT2D eigenvalue weighted by atomic mass is 10.1. The van der Waals surface area contributed by atoms with Gasteiger partial charge in [-0.2, -0.15) is 0 Å². The number of aromatic nitrogens is 1. The SMILES string of the molecule is CC(C)c1cc(-c2ccc(F)cc2)cn1-c1ccccc1. The van der Waals surface area contributed by atoms with Gasteiger partial charge >= 0.3 is 0 Å². The van der Waals surface area contributed by atoms with Crippen LogP contribution in [0.1, 0.15) is 25.5 Å². The van der Waals surface area contributed by atoms with E-state index in [2.05, 4.69) is 42.8 Å². The van der Waals surface area contributed by atoms with Gasteiger partial charge in [0, 0.05) is 23.1 Å². The van der Waals surface area contributed by atoms with E-state index in [1.165, 1.54) is 17.8 Å². The van der Waals surface area contributed by atoms with Gasteiger partial charge in [-0.1, -0.05) is 44.2 Å². The number of para-hydroxylation sites is 1. The van der Waals surface area contributed by atoms with Crippen LogP contribution in [-0.4, -0.2) is 4.57 Å². The number of hydrogen-bond donors (Lipinski definition) is 0. The summed E-state index contributed by atoms with van der Waals surface area (Å²) in [6, 6.07) is 19.1. The second-order valence-electron chi connectivity index (χ2n) is 5.52. The highest BCUT2D eigenvalue weighted by atomic mass is 19.1. The van der Waals surface area contributed by atoms with Gasteiger partial charge in [-0.25, -0.2) is 4.39 Å². The van der Waals surface area contributed by atoms with E-state index in [1.807, 2.05) is 30.3 Å². The zero-order valence-corrected chi connectivity index (χ0v) is 12.3. The standard InChI is InChI=1S/C19H18FN/c1-14(2)19-12-16(15-8-10-17(20)11-9-15)13-21(19)18-6-4-3-5-7-18/h3-14H,1-2H3. The fraction of sp³-hybridized carbons (Fsp3) is 0.158. The summed E-state index contributed by atoms with van der Waals surface area (Å²) >= 11 is 0. The van der Waals surface area contributed by atoms with Gasteiger partial charge in [0.05, 0.1) is 0 Å². The van der Waals surface area contributed by atoms with Crippen molar-refractivity contribution >= 4 is 0 Å². The molecule has 0 aliphatic carbocycles. The molecule has 0 fully saturated rings. The summed E-state index contributed by atoms with van der Waals surface area (Å²) in [5.41, 5.74) is 4.55. The van der Waals surface area contributed by atoms with Crippen LogP contribution < -0.4 is 0 Å². The van der Waals surface area contributed by atoms with Gasteiger partial charge < -0.3 is 4.57 Å². The van der Waals surface area contributed by atoms with Gasteiger partial charge in [0.15, 0.2) is 0 Å². The van der Waals surface area contributed by atoms with Crippen molar-refractivity contribution in [3.8, 4) is 16.8 Å². The van der Waals surface area contributed by atoms with Crippen molar-refractivity contribution in [2.75, 3.05) is 0 Å². The van der Waals surface area contributed by atoms with Crippen LogP contribution in [0.3, 0.4) is 0 Å². The van der Waals surface area contributed by atoms with Crippen molar-refractivity contribution in [2.45, 2.75) is 19.8 Å². The Morgan fingerprint density at radius 1 is 0.857 bits per heavy atom. The average molecular weight is 279 g/mol. The molecule has 3 aromatic rings. The summed E-state index contributed by atoms with van der Waals surface area (Å²) in [6.07, 6.45) is 2.12. The molecule has 0 N–H and O–H groups in total. The highest BCUT2D eigenvalue weighted by molar-refractivity contribution is 5.65. The molecule has 21 heavy (non-hydrogen) atoms. The Balaban J connectivity index is 2.11. The Labute approximate surface area is 124 Å². The second-order valence-corrected chi connectivity index (χ2v) is 5.52. The van der Waals surface area contributed by atoms with E-state index in [-0.39, 0.29) is 5.82 Å². The van der Waals surface area contributed by atoms with Crippen molar-refractivity contribution in [1.82, 2.24) is 4.57 Å². The highest BCUT2D eigenvalue weighted by Gasteiger charge is 2.12. The predicted octanol–water partition coefficient (Wildman–Crippen LogP) is 5.41. The third kappa shape index (κ3) is 2.75. The van der Waals surface area contributed by atoms with E-state index in [1.54, 1.807) is 0 Å². The van der Waals surface area contributed by atoms with Gasteiger partial charge in [-0.05, 0) is 41.8 Å². The summed E-state index contributed by atoms with van der Waals surface area (Å²) in [6.45, 7) is 4.37. The van der Waals surface area contributed by atoms with E-state index in [0.29, 0.717) is 5.92 Å². The zero-order valence-electron chi connectivity index (χ0n) is 12.3. The third-order valence-electron chi connectivity index (χ3n) is 3.65. The van der Waals surface area contributed by atoms with Crippen molar-refractivity contribution in [2.24, 2.45) is 0 Å². The van der Waals surface area contributed by atoms with Crippen molar-refractivity contribution in [3.63, 3.8) is 0 Å². The number of rotatable bonds is 3.